The van der Waals surface area contributed by atoms with Gasteiger partial charge in [0.1, 0.15) is 0 Å². The summed E-state index contributed by atoms with van der Waals surface area (Å²) in [5.74, 6) is 0.556. The van der Waals surface area contributed by atoms with Crippen molar-refractivity contribution in [3.63, 3.8) is 0 Å². The van der Waals surface area contributed by atoms with Crippen molar-refractivity contribution in [1.82, 2.24) is 14.9 Å². The Morgan fingerprint density at radius 3 is 2.60 bits per heavy atom. The normalized spacial score (nSPS) is 16.3. The van der Waals surface area contributed by atoms with Gasteiger partial charge in [-0.25, -0.2) is 9.97 Å². The van der Waals surface area contributed by atoms with Crippen LogP contribution in [0.4, 0.5) is 23.0 Å². The summed E-state index contributed by atoms with van der Waals surface area (Å²) >= 11 is 0. The van der Waals surface area contributed by atoms with Gasteiger partial charge in [-0.2, -0.15) is 0 Å². The fraction of sp³-hybridized carbons (Fsp3) is 0.261. The Kier molecular flexibility index (Phi) is 4.80. The van der Waals surface area contributed by atoms with Crippen LogP contribution < -0.4 is 15.5 Å². The zero-order chi connectivity index (χ0) is 20.5. The second kappa shape index (κ2) is 7.76. The monoisotopic (exact) mass is 400 g/mol. The summed E-state index contributed by atoms with van der Waals surface area (Å²) in [6, 6.07) is 16.1. The van der Waals surface area contributed by atoms with E-state index in [0.29, 0.717) is 12.4 Å². The van der Waals surface area contributed by atoms with Crippen LogP contribution in [0.25, 0.3) is 11.3 Å². The van der Waals surface area contributed by atoms with Gasteiger partial charge < -0.3 is 20.4 Å². The number of aromatic nitrogens is 2. The highest BCUT2D eigenvalue weighted by Crippen LogP contribution is 2.32. The van der Waals surface area contributed by atoms with E-state index in [1.54, 1.807) is 6.20 Å². The van der Waals surface area contributed by atoms with Crippen LogP contribution in [0.2, 0.25) is 0 Å². The number of anilines is 4. The third-order valence-electron chi connectivity index (χ3n) is 5.71. The van der Waals surface area contributed by atoms with Gasteiger partial charge >= 0.3 is 0 Å². The van der Waals surface area contributed by atoms with E-state index in [1.165, 1.54) is 5.69 Å². The van der Waals surface area contributed by atoms with Crippen LogP contribution in [0, 0.1) is 0 Å². The van der Waals surface area contributed by atoms with Crippen molar-refractivity contribution in [2.75, 3.05) is 48.8 Å². The minimum atomic E-state index is 0.0188. The minimum absolute atomic E-state index is 0.0188. The van der Waals surface area contributed by atoms with Crippen LogP contribution in [-0.2, 0) is 11.2 Å². The SMILES string of the molecule is CN1CCN(c2ccc(Nc3nccc(-c4cccc5c4CC(=O)N5)n3)cc2)CC1. The molecule has 2 N–H and O–H groups in total. The maximum Gasteiger partial charge on any atom is 0.228 e. The summed E-state index contributed by atoms with van der Waals surface area (Å²) in [6.07, 6.45) is 2.12. The molecule has 5 rings (SSSR count). The predicted molar refractivity (Wildman–Crippen MR) is 119 cm³/mol. The van der Waals surface area contributed by atoms with Crippen LogP contribution in [0.5, 0.6) is 0 Å². The number of carbonyl (C=O) groups excluding carboxylic acids is 1. The van der Waals surface area contributed by atoms with Crippen LogP contribution in [-0.4, -0.2) is 54.0 Å². The predicted octanol–water partition coefficient (Wildman–Crippen LogP) is 3.13. The molecule has 0 unspecified atom stereocenters. The molecular formula is C23H24N6O. The van der Waals surface area contributed by atoms with E-state index in [4.69, 9.17) is 0 Å². The standard InChI is InChI=1S/C23H24N6O/c1-28-11-13-29(14-12-28)17-7-5-16(6-8-17)25-23-24-10-9-21(27-23)18-3-2-4-20-19(18)15-22(30)26-20/h2-10H,11-15H2,1H3,(H,26,30)(H,24,25,27). The Bertz CT molecular complexity index is 1070. The van der Waals surface area contributed by atoms with Gasteiger partial charge in [0, 0.05) is 55.0 Å². The highest BCUT2D eigenvalue weighted by atomic mass is 16.1. The molecule has 0 radical (unpaired) electrons. The number of likely N-dealkylation sites (N-methyl/N-ethyl adjacent to an activating group) is 1. The second-order valence-corrected chi connectivity index (χ2v) is 7.78. The molecule has 0 bridgehead atoms. The first-order valence-corrected chi connectivity index (χ1v) is 10.2. The van der Waals surface area contributed by atoms with Crippen molar-refractivity contribution >= 4 is 28.9 Å². The maximum atomic E-state index is 11.8. The molecule has 0 saturated carbocycles. The van der Waals surface area contributed by atoms with Gasteiger partial charge in [-0.3, -0.25) is 4.79 Å². The van der Waals surface area contributed by atoms with Crippen molar-refractivity contribution in [1.29, 1.82) is 0 Å². The molecule has 0 spiro atoms. The summed E-state index contributed by atoms with van der Waals surface area (Å²) in [5, 5.41) is 6.19. The van der Waals surface area contributed by atoms with Gasteiger partial charge in [0.15, 0.2) is 0 Å². The number of hydrogen-bond acceptors (Lipinski definition) is 6. The lowest BCUT2D eigenvalue weighted by Gasteiger charge is -2.34. The van der Waals surface area contributed by atoms with Crippen molar-refractivity contribution in [2.24, 2.45) is 0 Å². The molecule has 7 nitrogen and oxygen atoms in total. The Morgan fingerprint density at radius 2 is 1.80 bits per heavy atom. The molecule has 1 fully saturated rings. The average molecular weight is 400 g/mol. The lowest BCUT2D eigenvalue weighted by atomic mass is 10.0. The smallest absolute Gasteiger partial charge is 0.228 e. The number of nitrogens with one attached hydrogen (secondary N) is 2. The molecule has 30 heavy (non-hydrogen) atoms. The highest BCUT2D eigenvalue weighted by molar-refractivity contribution is 6.01. The van der Waals surface area contributed by atoms with E-state index in [-0.39, 0.29) is 5.91 Å². The van der Waals surface area contributed by atoms with Crippen LogP contribution in [0.3, 0.4) is 0 Å². The zero-order valence-corrected chi connectivity index (χ0v) is 16.9. The first-order chi connectivity index (χ1) is 14.7. The summed E-state index contributed by atoms with van der Waals surface area (Å²) < 4.78 is 0. The van der Waals surface area contributed by atoms with Crippen molar-refractivity contribution < 1.29 is 4.79 Å². The quantitative estimate of drug-likeness (QED) is 0.701. The summed E-state index contributed by atoms with van der Waals surface area (Å²) in [4.78, 5) is 25.6. The van der Waals surface area contributed by atoms with Crippen LogP contribution >= 0.6 is 0 Å². The number of nitrogens with zero attached hydrogens (tertiary/aromatic N) is 4. The molecule has 2 aliphatic heterocycles. The van der Waals surface area contributed by atoms with E-state index < -0.39 is 0 Å². The number of carbonyl (C=O) groups is 1. The molecule has 0 aliphatic carbocycles. The molecular weight excluding hydrogens is 376 g/mol. The Hall–Kier alpha value is -3.45. The number of hydrogen-bond donors (Lipinski definition) is 2. The molecule has 2 aromatic carbocycles. The first-order valence-electron chi connectivity index (χ1n) is 10.2. The topological polar surface area (TPSA) is 73.4 Å². The Balaban J connectivity index is 1.33. The summed E-state index contributed by atoms with van der Waals surface area (Å²) in [5.41, 5.74) is 5.80. The molecule has 1 saturated heterocycles. The number of piperazine rings is 1. The first kappa shape index (κ1) is 18.6. The van der Waals surface area contributed by atoms with Gasteiger partial charge in [0.05, 0.1) is 12.1 Å². The average Bonchev–Trinajstić information content (AvgIpc) is 3.15. The fourth-order valence-corrected chi connectivity index (χ4v) is 4.01. The zero-order valence-electron chi connectivity index (χ0n) is 16.9. The van der Waals surface area contributed by atoms with Crippen molar-refractivity contribution in [2.45, 2.75) is 6.42 Å². The van der Waals surface area contributed by atoms with Crippen LogP contribution in [0.1, 0.15) is 5.56 Å². The molecule has 1 amide bonds. The van der Waals surface area contributed by atoms with E-state index in [1.807, 2.05) is 24.3 Å². The molecule has 1 aromatic heterocycles. The number of rotatable bonds is 4. The molecule has 0 atom stereocenters. The molecule has 2 aliphatic rings. The Labute approximate surface area is 175 Å². The van der Waals surface area contributed by atoms with Gasteiger partial charge in [0.2, 0.25) is 11.9 Å². The van der Waals surface area contributed by atoms with Crippen LogP contribution in [0.15, 0.2) is 54.7 Å². The second-order valence-electron chi connectivity index (χ2n) is 7.78. The van der Waals surface area contributed by atoms with E-state index in [9.17, 15) is 4.79 Å². The van der Waals surface area contributed by atoms with Gasteiger partial charge in [0.25, 0.3) is 0 Å². The highest BCUT2D eigenvalue weighted by Gasteiger charge is 2.21. The van der Waals surface area contributed by atoms with Gasteiger partial charge in [-0.1, -0.05) is 12.1 Å². The van der Waals surface area contributed by atoms with E-state index in [2.05, 4.69) is 61.7 Å². The van der Waals surface area contributed by atoms with Crippen molar-refractivity contribution in [3.05, 3.63) is 60.3 Å². The maximum absolute atomic E-state index is 11.8. The van der Waals surface area contributed by atoms with Gasteiger partial charge in [-0.05, 0) is 49.0 Å². The largest absolute Gasteiger partial charge is 0.369 e. The fourth-order valence-electron chi connectivity index (χ4n) is 4.01. The number of benzene rings is 2. The molecule has 3 aromatic rings. The van der Waals surface area contributed by atoms with Crippen molar-refractivity contribution in [3.8, 4) is 11.3 Å². The minimum Gasteiger partial charge on any atom is -0.369 e. The van der Waals surface area contributed by atoms with E-state index in [0.717, 1.165) is 54.4 Å². The number of amides is 1. The van der Waals surface area contributed by atoms with E-state index >= 15 is 0 Å². The molecule has 7 heteroatoms. The number of fused-ring (bicyclic) bond motifs is 1. The lowest BCUT2D eigenvalue weighted by molar-refractivity contribution is -0.115. The molecule has 152 valence electrons. The third-order valence-corrected chi connectivity index (χ3v) is 5.71. The Morgan fingerprint density at radius 1 is 1.00 bits per heavy atom. The summed E-state index contributed by atoms with van der Waals surface area (Å²) in [7, 11) is 2.16. The van der Waals surface area contributed by atoms with Gasteiger partial charge in [-0.15, -0.1) is 0 Å². The molecule has 3 heterocycles. The third kappa shape index (κ3) is 3.71. The summed E-state index contributed by atoms with van der Waals surface area (Å²) in [6.45, 7) is 4.27. The lowest BCUT2D eigenvalue weighted by Crippen LogP contribution is -2.44.